The first-order chi connectivity index (χ1) is 6.70. The van der Waals surface area contributed by atoms with E-state index in [9.17, 15) is 5.11 Å². The minimum Gasteiger partial charge on any atom is -0.505 e. The maximum atomic E-state index is 9.81. The molecule has 2 aromatic heterocycles. The molecule has 3 nitrogen and oxygen atoms in total. The Morgan fingerprint density at radius 3 is 2.64 bits per heavy atom. The van der Waals surface area contributed by atoms with Crippen LogP contribution in [0.2, 0.25) is 0 Å². The molecule has 0 saturated heterocycles. The van der Waals surface area contributed by atoms with Crippen LogP contribution in [-0.2, 0) is 7.05 Å². The molecule has 0 aliphatic rings. The predicted molar refractivity (Wildman–Crippen MR) is 55.0 cm³/mol. The van der Waals surface area contributed by atoms with Crippen LogP contribution >= 0.6 is 0 Å². The lowest BCUT2D eigenvalue weighted by Crippen LogP contribution is -1.91. The molecule has 0 spiro atoms. The van der Waals surface area contributed by atoms with E-state index in [1.807, 2.05) is 42.9 Å². The number of aryl methyl sites for hydroxylation is 2. The van der Waals surface area contributed by atoms with Crippen molar-refractivity contribution in [3.8, 4) is 17.1 Å². The highest BCUT2D eigenvalue weighted by molar-refractivity contribution is 5.65. The van der Waals surface area contributed by atoms with Gasteiger partial charge in [0.15, 0.2) is 0 Å². The van der Waals surface area contributed by atoms with E-state index in [4.69, 9.17) is 0 Å². The van der Waals surface area contributed by atoms with Crippen LogP contribution in [0.1, 0.15) is 5.56 Å². The largest absolute Gasteiger partial charge is 0.505 e. The van der Waals surface area contributed by atoms with Crippen LogP contribution in [0.4, 0.5) is 0 Å². The van der Waals surface area contributed by atoms with Gasteiger partial charge in [0.05, 0.1) is 5.69 Å². The maximum absolute atomic E-state index is 9.81. The van der Waals surface area contributed by atoms with Crippen LogP contribution in [0.15, 0.2) is 30.6 Å². The number of aromatic hydroxyl groups is 1. The van der Waals surface area contributed by atoms with Crippen LogP contribution in [0, 0.1) is 6.92 Å². The fourth-order valence-electron chi connectivity index (χ4n) is 1.57. The lowest BCUT2D eigenvalue weighted by Gasteiger charge is -2.02. The summed E-state index contributed by atoms with van der Waals surface area (Å²) in [5.41, 5.74) is 2.43. The smallest absolute Gasteiger partial charge is 0.145 e. The summed E-state index contributed by atoms with van der Waals surface area (Å²) in [6.45, 7) is 1.88. The molecule has 0 aromatic carbocycles. The lowest BCUT2D eigenvalue weighted by atomic mass is 10.2. The Kier molecular flexibility index (Phi) is 2.00. The molecule has 14 heavy (non-hydrogen) atoms. The zero-order valence-corrected chi connectivity index (χ0v) is 8.23. The van der Waals surface area contributed by atoms with Crippen molar-refractivity contribution in [3.63, 3.8) is 0 Å². The van der Waals surface area contributed by atoms with E-state index < -0.39 is 0 Å². The van der Waals surface area contributed by atoms with Gasteiger partial charge in [-0.25, -0.2) is 0 Å². The molecule has 3 heteroatoms. The molecular formula is C11H12N2O. The second kappa shape index (κ2) is 3.18. The summed E-state index contributed by atoms with van der Waals surface area (Å²) in [6.07, 6.45) is 3.61. The molecule has 2 aromatic rings. The van der Waals surface area contributed by atoms with E-state index in [2.05, 4.69) is 4.98 Å². The molecule has 2 heterocycles. The van der Waals surface area contributed by atoms with E-state index in [0.29, 0.717) is 5.75 Å². The summed E-state index contributed by atoms with van der Waals surface area (Å²) in [5, 5.41) is 9.81. The van der Waals surface area contributed by atoms with Crippen LogP contribution < -0.4 is 0 Å². The number of hydrogen-bond acceptors (Lipinski definition) is 2. The van der Waals surface area contributed by atoms with Gasteiger partial charge in [0, 0.05) is 25.0 Å². The van der Waals surface area contributed by atoms with Gasteiger partial charge in [-0.05, 0) is 19.1 Å². The topological polar surface area (TPSA) is 38.0 Å². The van der Waals surface area contributed by atoms with Crippen LogP contribution in [0.3, 0.4) is 0 Å². The van der Waals surface area contributed by atoms with E-state index in [0.717, 1.165) is 17.0 Å². The second-order valence-corrected chi connectivity index (χ2v) is 3.34. The molecule has 0 radical (unpaired) electrons. The van der Waals surface area contributed by atoms with Gasteiger partial charge in [0.25, 0.3) is 0 Å². The van der Waals surface area contributed by atoms with Crippen LogP contribution in [0.25, 0.3) is 11.4 Å². The zero-order valence-electron chi connectivity index (χ0n) is 8.23. The summed E-state index contributed by atoms with van der Waals surface area (Å²) >= 11 is 0. The van der Waals surface area contributed by atoms with Crippen LogP contribution in [0.5, 0.6) is 5.75 Å². The van der Waals surface area contributed by atoms with Crippen molar-refractivity contribution in [3.05, 3.63) is 36.2 Å². The average molecular weight is 188 g/mol. The lowest BCUT2D eigenvalue weighted by molar-refractivity contribution is 0.473. The highest BCUT2D eigenvalue weighted by Gasteiger charge is 2.12. The summed E-state index contributed by atoms with van der Waals surface area (Å²) in [7, 11) is 1.90. The van der Waals surface area contributed by atoms with Crippen molar-refractivity contribution in [2.24, 2.45) is 7.05 Å². The van der Waals surface area contributed by atoms with Gasteiger partial charge in [-0.1, -0.05) is 6.07 Å². The maximum Gasteiger partial charge on any atom is 0.145 e. The highest BCUT2D eigenvalue weighted by atomic mass is 16.3. The Balaban J connectivity index is 2.62. The monoisotopic (exact) mass is 188 g/mol. The Morgan fingerprint density at radius 1 is 1.36 bits per heavy atom. The van der Waals surface area contributed by atoms with E-state index >= 15 is 0 Å². The van der Waals surface area contributed by atoms with Crippen LogP contribution in [-0.4, -0.2) is 14.7 Å². The van der Waals surface area contributed by atoms with E-state index in [1.165, 1.54) is 0 Å². The Bertz CT molecular complexity index is 446. The normalized spacial score (nSPS) is 10.4. The summed E-state index contributed by atoms with van der Waals surface area (Å²) in [5.74, 6) is 0.311. The number of rotatable bonds is 1. The molecule has 1 N–H and O–H groups in total. The Morgan fingerprint density at radius 2 is 2.14 bits per heavy atom. The first-order valence-electron chi connectivity index (χ1n) is 4.46. The fourth-order valence-corrected chi connectivity index (χ4v) is 1.57. The van der Waals surface area contributed by atoms with Gasteiger partial charge >= 0.3 is 0 Å². The van der Waals surface area contributed by atoms with Crippen molar-refractivity contribution in [2.75, 3.05) is 0 Å². The van der Waals surface area contributed by atoms with Gasteiger partial charge in [-0.3, -0.25) is 4.98 Å². The van der Waals surface area contributed by atoms with Crippen molar-refractivity contribution in [1.29, 1.82) is 0 Å². The van der Waals surface area contributed by atoms with Gasteiger partial charge < -0.3 is 9.67 Å². The third kappa shape index (κ3) is 1.27. The van der Waals surface area contributed by atoms with Gasteiger partial charge in [0.1, 0.15) is 11.4 Å². The average Bonchev–Trinajstić information content (AvgIpc) is 2.43. The Hall–Kier alpha value is -1.77. The van der Waals surface area contributed by atoms with Gasteiger partial charge in [-0.15, -0.1) is 0 Å². The number of nitrogens with zero attached hydrogens (tertiary/aromatic N) is 2. The molecule has 0 aliphatic heterocycles. The van der Waals surface area contributed by atoms with Crippen molar-refractivity contribution in [1.82, 2.24) is 9.55 Å². The van der Waals surface area contributed by atoms with Crippen molar-refractivity contribution < 1.29 is 5.11 Å². The summed E-state index contributed by atoms with van der Waals surface area (Å²) in [4.78, 5) is 4.20. The molecule has 0 aliphatic carbocycles. The molecule has 0 amide bonds. The fraction of sp³-hybridized carbons (Fsp3) is 0.182. The first-order valence-corrected chi connectivity index (χ1v) is 4.46. The number of pyridine rings is 1. The van der Waals surface area contributed by atoms with Gasteiger partial charge in [0.2, 0.25) is 0 Å². The molecule has 0 saturated carbocycles. The minimum absolute atomic E-state index is 0.311. The molecular weight excluding hydrogens is 176 g/mol. The van der Waals surface area contributed by atoms with Crippen molar-refractivity contribution >= 4 is 0 Å². The van der Waals surface area contributed by atoms with E-state index in [1.54, 1.807) is 6.20 Å². The standard InChI is InChI=1S/C11H12N2O/c1-8-7-13(2)10(11(8)14)9-5-3-4-6-12-9/h3-7,14H,1-2H3. The zero-order chi connectivity index (χ0) is 10.1. The number of hydrogen-bond donors (Lipinski definition) is 1. The predicted octanol–water partition coefficient (Wildman–Crippen LogP) is 2.10. The molecule has 0 fully saturated rings. The van der Waals surface area contributed by atoms with Gasteiger partial charge in [-0.2, -0.15) is 0 Å². The SMILES string of the molecule is Cc1cn(C)c(-c2ccccn2)c1O. The molecule has 0 unspecified atom stereocenters. The summed E-state index contributed by atoms with van der Waals surface area (Å²) < 4.78 is 1.88. The Labute approximate surface area is 82.7 Å². The highest BCUT2D eigenvalue weighted by Crippen LogP contribution is 2.31. The van der Waals surface area contributed by atoms with Crippen molar-refractivity contribution in [2.45, 2.75) is 6.92 Å². The third-order valence-electron chi connectivity index (χ3n) is 2.25. The third-order valence-corrected chi connectivity index (χ3v) is 2.25. The molecule has 2 rings (SSSR count). The minimum atomic E-state index is 0.311. The van der Waals surface area contributed by atoms with E-state index in [-0.39, 0.29) is 0 Å². The first kappa shape index (κ1) is 8.81. The second-order valence-electron chi connectivity index (χ2n) is 3.34. The molecule has 0 bridgehead atoms. The molecule has 0 atom stereocenters. The summed E-state index contributed by atoms with van der Waals surface area (Å²) in [6, 6.07) is 5.65. The number of aromatic nitrogens is 2. The quantitative estimate of drug-likeness (QED) is 0.744. The molecule has 72 valence electrons.